The van der Waals surface area contributed by atoms with Gasteiger partial charge in [0.05, 0.1) is 5.56 Å². The quantitative estimate of drug-likeness (QED) is 0.675. The molecule has 3 N–H and O–H groups in total. The molecule has 4 rings (SSSR count). The first-order chi connectivity index (χ1) is 13.7. The van der Waals surface area contributed by atoms with Crippen LogP contribution in [-0.2, 0) is 0 Å². The predicted molar refractivity (Wildman–Crippen MR) is 118 cm³/mol. The fraction of sp³-hybridized carbons (Fsp3) is 0.227. The van der Waals surface area contributed by atoms with Gasteiger partial charge in [0.25, 0.3) is 0 Å². The van der Waals surface area contributed by atoms with Gasteiger partial charge in [0.2, 0.25) is 5.78 Å². The van der Waals surface area contributed by atoms with E-state index in [9.17, 15) is 4.79 Å². The average molecular weight is 380 g/mol. The topological polar surface area (TPSA) is 84.1 Å². The molecule has 3 aromatic rings. The summed E-state index contributed by atoms with van der Waals surface area (Å²) in [7, 11) is 0. The molecule has 0 unspecified atom stereocenters. The third-order valence-electron chi connectivity index (χ3n) is 4.90. The first-order valence-corrected chi connectivity index (χ1v) is 9.51. The van der Waals surface area contributed by atoms with Gasteiger partial charge >= 0.3 is 0 Å². The van der Waals surface area contributed by atoms with Gasteiger partial charge in [0.1, 0.15) is 17.3 Å². The number of benzene rings is 1. The molecule has 3 heterocycles. The maximum Gasteiger partial charge on any atom is 0.215 e. The van der Waals surface area contributed by atoms with Crippen LogP contribution in [-0.4, -0.2) is 41.9 Å². The van der Waals surface area contributed by atoms with E-state index < -0.39 is 0 Å². The zero-order valence-electron chi connectivity index (χ0n) is 15.6. The maximum absolute atomic E-state index is 13.1. The molecule has 1 aliphatic heterocycles. The molecule has 1 aliphatic rings. The number of anilines is 2. The molecule has 0 spiro atoms. The maximum atomic E-state index is 13.1. The van der Waals surface area contributed by atoms with Crippen LogP contribution in [0.5, 0.6) is 0 Å². The lowest BCUT2D eigenvalue weighted by Gasteiger charge is -2.21. The van der Waals surface area contributed by atoms with E-state index >= 15 is 0 Å². The van der Waals surface area contributed by atoms with Crippen LogP contribution in [0.4, 0.5) is 11.6 Å². The van der Waals surface area contributed by atoms with Gasteiger partial charge in [0, 0.05) is 35.7 Å². The molecular weight excluding hydrogens is 350 g/mol. The van der Waals surface area contributed by atoms with Crippen molar-refractivity contribution in [1.29, 1.82) is 0 Å². The van der Waals surface area contributed by atoms with Crippen LogP contribution in [0.15, 0.2) is 60.8 Å². The summed E-state index contributed by atoms with van der Waals surface area (Å²) < 4.78 is 0. The van der Waals surface area contributed by atoms with E-state index in [1.807, 2.05) is 42.5 Å². The van der Waals surface area contributed by atoms with Crippen LogP contribution < -0.4 is 16.0 Å². The second kappa shape index (κ2) is 8.19. The molecule has 0 saturated carbocycles. The van der Waals surface area contributed by atoms with Gasteiger partial charge in [-0.15, -0.1) is 0 Å². The number of pyridine rings is 2. The highest BCUT2D eigenvalue weighted by molar-refractivity contribution is 6.11. The number of aromatic nitrogens is 2. The smallest absolute Gasteiger partial charge is 0.215 e. The van der Waals surface area contributed by atoms with Crippen molar-refractivity contribution < 1.29 is 9.07 Å². The first-order valence-electron chi connectivity index (χ1n) is 9.51. The van der Waals surface area contributed by atoms with E-state index in [1.165, 1.54) is 0 Å². The summed E-state index contributed by atoms with van der Waals surface area (Å²) in [6.07, 6.45) is 2.74. The largest absolute Gasteiger partial charge is 0.383 e. The lowest BCUT2D eigenvalue weighted by molar-refractivity contribution is 0.103. The number of ketones is 1. The summed E-state index contributed by atoms with van der Waals surface area (Å²) in [6.45, 7) is 3.71. The normalized spacial score (nSPS) is 14.5. The molecule has 1 aromatic carbocycles. The van der Waals surface area contributed by atoms with E-state index in [1.54, 1.807) is 18.3 Å². The lowest BCUT2D eigenvalue weighted by Crippen LogP contribution is -2.29. The molecule has 0 aliphatic carbocycles. The van der Waals surface area contributed by atoms with Gasteiger partial charge in [-0.25, -0.2) is 9.97 Å². The van der Waals surface area contributed by atoms with Crippen molar-refractivity contribution in [3.63, 3.8) is 0 Å². The number of rotatable bonds is 4. The molecular formula is C22H29N5O. The van der Waals surface area contributed by atoms with E-state index in [4.69, 9.17) is 5.73 Å². The highest BCUT2D eigenvalue weighted by Gasteiger charge is 2.18. The molecule has 6 heteroatoms. The minimum absolute atomic E-state index is 0. The van der Waals surface area contributed by atoms with E-state index in [-0.39, 0.29) is 15.9 Å². The third kappa shape index (κ3) is 3.87. The molecule has 6 nitrogen and oxygen atoms in total. The highest BCUT2D eigenvalue weighted by atomic mass is 16.1. The van der Waals surface area contributed by atoms with Crippen LogP contribution in [0.25, 0.3) is 11.1 Å². The van der Waals surface area contributed by atoms with Gasteiger partial charge in [0.15, 0.2) is 0 Å². The highest BCUT2D eigenvalue weighted by Crippen LogP contribution is 2.24. The summed E-state index contributed by atoms with van der Waals surface area (Å²) in [6, 6.07) is 17.2. The van der Waals surface area contributed by atoms with E-state index in [0.29, 0.717) is 11.3 Å². The summed E-state index contributed by atoms with van der Waals surface area (Å²) in [5.74, 6) is 0.828. The number of nitrogens with two attached hydrogens (primary N) is 1. The van der Waals surface area contributed by atoms with Crippen molar-refractivity contribution in [3.05, 3.63) is 72.1 Å². The first kappa shape index (κ1) is 18.1. The molecule has 1 saturated heterocycles. The van der Waals surface area contributed by atoms with Crippen molar-refractivity contribution in [2.45, 2.75) is 6.42 Å². The second-order valence-electron chi connectivity index (χ2n) is 6.82. The Bertz CT molecular complexity index is 980. The molecule has 148 valence electrons. The lowest BCUT2D eigenvalue weighted by atomic mass is 10.0. The summed E-state index contributed by atoms with van der Waals surface area (Å²) in [4.78, 5) is 24.2. The van der Waals surface area contributed by atoms with Gasteiger partial charge in [-0.3, -0.25) is 4.79 Å². The molecule has 28 heavy (non-hydrogen) atoms. The van der Waals surface area contributed by atoms with Crippen molar-refractivity contribution in [2.24, 2.45) is 0 Å². The zero-order chi connectivity index (χ0) is 19.3. The predicted octanol–water partition coefficient (Wildman–Crippen LogP) is 3.49. The molecule has 0 atom stereocenters. The van der Waals surface area contributed by atoms with Crippen LogP contribution in [0, 0.1) is 0 Å². The Morgan fingerprint density at radius 3 is 2.75 bits per heavy atom. The van der Waals surface area contributed by atoms with Gasteiger partial charge in [-0.2, -0.15) is 0 Å². The number of carbonyl (C=O) groups excluding carboxylic acids is 1. The molecule has 0 amide bonds. The number of hydrogen-bond acceptors (Lipinski definition) is 6. The third-order valence-corrected chi connectivity index (χ3v) is 4.90. The minimum Gasteiger partial charge on any atom is -0.383 e. The van der Waals surface area contributed by atoms with Crippen molar-refractivity contribution in [3.8, 4) is 11.1 Å². The second-order valence-corrected chi connectivity index (χ2v) is 6.82. The minimum atomic E-state index is -0.211. The van der Waals surface area contributed by atoms with E-state index in [2.05, 4.69) is 20.2 Å². The molecule has 1 fully saturated rings. The van der Waals surface area contributed by atoms with Crippen molar-refractivity contribution in [2.75, 3.05) is 36.8 Å². The summed E-state index contributed by atoms with van der Waals surface area (Å²) in [5.41, 5.74) is 8.63. The van der Waals surface area contributed by atoms with Gasteiger partial charge in [-0.05, 0) is 36.7 Å². The Morgan fingerprint density at radius 1 is 1.04 bits per heavy atom. The van der Waals surface area contributed by atoms with Crippen molar-refractivity contribution >= 4 is 17.4 Å². The summed E-state index contributed by atoms with van der Waals surface area (Å²) in [5, 5.41) is 3.38. The molecule has 0 bridgehead atoms. The summed E-state index contributed by atoms with van der Waals surface area (Å²) >= 11 is 0. The Labute approximate surface area is 168 Å². The number of nitrogen functional groups attached to an aromatic ring is 1. The number of nitrogens with one attached hydrogen (secondary N) is 1. The van der Waals surface area contributed by atoms with Gasteiger partial charge in [-0.1, -0.05) is 36.4 Å². The fourth-order valence-corrected chi connectivity index (χ4v) is 3.38. The Hall–Kier alpha value is -3.25. The number of nitrogens with zero attached hydrogens (tertiary/aromatic N) is 3. The SMILES string of the molecule is Nc1ncc(-c2ccccc2)cc1C(=O)c1cccc(N2CCCNCC2)n1.[HH].[HH].[HH]. The monoisotopic (exact) mass is 379 g/mol. The number of carbonyl (C=O) groups is 1. The number of hydrogen-bond donors (Lipinski definition) is 2. The van der Waals surface area contributed by atoms with Crippen molar-refractivity contribution in [1.82, 2.24) is 15.3 Å². The standard InChI is InChI=1S/C22H23N5O.3H2/c23-22-18(14-17(15-25-22)16-6-2-1-3-7-16)21(28)19-8-4-9-20(26-19)27-12-5-10-24-11-13-27;;;/h1-4,6-9,14-15,24H,5,10-13H2,(H2,23,25);3*1H. The van der Waals surface area contributed by atoms with Gasteiger partial charge < -0.3 is 16.0 Å². The zero-order valence-corrected chi connectivity index (χ0v) is 15.6. The molecule has 0 radical (unpaired) electrons. The van der Waals surface area contributed by atoms with Crippen LogP contribution in [0.1, 0.15) is 26.8 Å². The molecule has 2 aromatic heterocycles. The fourth-order valence-electron chi connectivity index (χ4n) is 3.38. The van der Waals surface area contributed by atoms with E-state index in [0.717, 1.165) is 49.5 Å². The van der Waals surface area contributed by atoms with Crippen LogP contribution in [0.3, 0.4) is 0 Å². The van der Waals surface area contributed by atoms with Crippen LogP contribution >= 0.6 is 0 Å². The Morgan fingerprint density at radius 2 is 1.89 bits per heavy atom. The average Bonchev–Trinajstić information content (AvgIpc) is 3.04. The van der Waals surface area contributed by atoms with Crippen LogP contribution in [0.2, 0.25) is 0 Å². The Balaban J connectivity index is 0.00000160. The Kier molecular flexibility index (Phi) is 5.30.